The van der Waals surface area contributed by atoms with Crippen LogP contribution in [-0.4, -0.2) is 49.4 Å². The molecular formula is C25H26ClFN4O3. The standard InChI is InChI=1S/C25H26ClFN4O3/c26-19-7-2-1-6-18(19)16-28-24(32)25(33)29-17-22(23-10-5-15-34-23)31-13-11-30(12-14-31)21-9-4-3-8-20(21)27/h1-10,15,22H,11-14,16-17H2,(H,28,32)(H,29,33)/t22-/m1/s1. The van der Waals surface area contributed by atoms with Crippen LogP contribution in [0.4, 0.5) is 10.1 Å². The molecule has 1 saturated heterocycles. The lowest BCUT2D eigenvalue weighted by atomic mass is 10.1. The number of carbonyl (C=O) groups is 2. The fraction of sp³-hybridized carbons (Fsp3) is 0.280. The number of carbonyl (C=O) groups excluding carboxylic acids is 2. The molecule has 1 aliphatic rings. The lowest BCUT2D eigenvalue weighted by Gasteiger charge is -2.39. The van der Waals surface area contributed by atoms with Gasteiger partial charge in [-0.25, -0.2) is 4.39 Å². The summed E-state index contributed by atoms with van der Waals surface area (Å²) in [6, 6.07) is 17.2. The van der Waals surface area contributed by atoms with Gasteiger partial charge in [0.25, 0.3) is 0 Å². The van der Waals surface area contributed by atoms with Gasteiger partial charge in [-0.1, -0.05) is 41.9 Å². The van der Waals surface area contributed by atoms with Gasteiger partial charge in [-0.2, -0.15) is 0 Å². The Morgan fingerprint density at radius 3 is 2.35 bits per heavy atom. The van der Waals surface area contributed by atoms with Crippen LogP contribution < -0.4 is 15.5 Å². The molecule has 4 rings (SSSR count). The summed E-state index contributed by atoms with van der Waals surface area (Å²) in [6.07, 6.45) is 1.58. The maximum atomic E-state index is 14.2. The van der Waals surface area contributed by atoms with E-state index in [1.165, 1.54) is 6.07 Å². The maximum Gasteiger partial charge on any atom is 0.309 e. The zero-order valence-corrected chi connectivity index (χ0v) is 19.3. The molecule has 34 heavy (non-hydrogen) atoms. The van der Waals surface area contributed by atoms with Gasteiger partial charge in [-0.3, -0.25) is 14.5 Å². The van der Waals surface area contributed by atoms with Gasteiger partial charge in [0.2, 0.25) is 0 Å². The number of anilines is 1. The molecule has 0 unspecified atom stereocenters. The first-order chi connectivity index (χ1) is 16.5. The first-order valence-corrected chi connectivity index (χ1v) is 11.5. The van der Waals surface area contributed by atoms with Crippen LogP contribution in [-0.2, 0) is 16.1 Å². The number of halogens is 2. The zero-order chi connectivity index (χ0) is 23.9. The van der Waals surface area contributed by atoms with Crippen molar-refractivity contribution < 1.29 is 18.4 Å². The van der Waals surface area contributed by atoms with E-state index >= 15 is 0 Å². The van der Waals surface area contributed by atoms with E-state index in [0.717, 1.165) is 5.56 Å². The van der Waals surface area contributed by atoms with Crippen LogP contribution in [0.1, 0.15) is 17.4 Å². The highest BCUT2D eigenvalue weighted by Crippen LogP contribution is 2.25. The minimum atomic E-state index is -0.734. The van der Waals surface area contributed by atoms with Crippen LogP contribution in [0.3, 0.4) is 0 Å². The van der Waals surface area contributed by atoms with Gasteiger partial charge < -0.3 is 20.0 Å². The van der Waals surface area contributed by atoms with Crippen LogP contribution in [0.25, 0.3) is 0 Å². The molecular weight excluding hydrogens is 459 g/mol. The van der Waals surface area contributed by atoms with Gasteiger partial charge >= 0.3 is 11.8 Å². The number of hydrogen-bond donors (Lipinski definition) is 2. The summed E-state index contributed by atoms with van der Waals surface area (Å²) >= 11 is 6.10. The van der Waals surface area contributed by atoms with Crippen molar-refractivity contribution in [2.75, 3.05) is 37.6 Å². The Kier molecular flexibility index (Phi) is 7.82. The molecule has 1 fully saturated rings. The largest absolute Gasteiger partial charge is 0.468 e. The number of hydrogen-bond acceptors (Lipinski definition) is 5. The summed E-state index contributed by atoms with van der Waals surface area (Å²) in [6.45, 7) is 2.91. The number of benzene rings is 2. The Hall–Kier alpha value is -3.36. The van der Waals surface area contributed by atoms with Crippen molar-refractivity contribution in [2.45, 2.75) is 12.6 Å². The molecule has 7 nitrogen and oxygen atoms in total. The minimum Gasteiger partial charge on any atom is -0.468 e. The number of amides is 2. The molecule has 1 atom stereocenters. The van der Waals surface area contributed by atoms with Crippen LogP contribution in [0, 0.1) is 5.82 Å². The normalized spacial score (nSPS) is 15.1. The monoisotopic (exact) mass is 484 g/mol. The minimum absolute atomic E-state index is 0.158. The van der Waals surface area contributed by atoms with Crippen LogP contribution >= 0.6 is 11.6 Å². The van der Waals surface area contributed by atoms with Gasteiger partial charge in [0.1, 0.15) is 11.6 Å². The summed E-state index contributed by atoms with van der Waals surface area (Å²) in [5.41, 5.74) is 1.31. The molecule has 0 radical (unpaired) electrons. The topological polar surface area (TPSA) is 77.8 Å². The average Bonchev–Trinajstić information content (AvgIpc) is 3.39. The summed E-state index contributed by atoms with van der Waals surface area (Å²) in [7, 11) is 0. The summed E-state index contributed by atoms with van der Waals surface area (Å²) in [5.74, 6) is -1.01. The van der Waals surface area contributed by atoms with Gasteiger partial charge in [0.15, 0.2) is 0 Å². The SMILES string of the molecule is O=C(NCc1ccccc1Cl)C(=O)NC[C@H](c1ccco1)N1CCN(c2ccccc2F)CC1. The highest BCUT2D eigenvalue weighted by Gasteiger charge is 2.28. The van der Waals surface area contributed by atoms with Gasteiger partial charge in [-0.05, 0) is 35.9 Å². The van der Waals surface area contributed by atoms with E-state index in [1.54, 1.807) is 42.7 Å². The molecule has 1 aromatic heterocycles. The highest BCUT2D eigenvalue weighted by atomic mass is 35.5. The predicted molar refractivity (Wildman–Crippen MR) is 128 cm³/mol. The Morgan fingerprint density at radius 2 is 1.65 bits per heavy atom. The highest BCUT2D eigenvalue weighted by molar-refractivity contribution is 6.35. The van der Waals surface area contributed by atoms with Crippen molar-refractivity contribution in [1.29, 1.82) is 0 Å². The van der Waals surface area contributed by atoms with E-state index < -0.39 is 11.8 Å². The number of furan rings is 1. The number of piperazine rings is 1. The smallest absolute Gasteiger partial charge is 0.309 e. The number of nitrogens with one attached hydrogen (secondary N) is 2. The van der Waals surface area contributed by atoms with Crippen molar-refractivity contribution >= 4 is 29.1 Å². The molecule has 1 aliphatic heterocycles. The Morgan fingerprint density at radius 1 is 0.941 bits per heavy atom. The first kappa shape index (κ1) is 23.8. The van der Waals surface area contributed by atoms with E-state index in [4.69, 9.17) is 16.0 Å². The molecule has 0 aliphatic carbocycles. The van der Waals surface area contributed by atoms with Crippen LogP contribution in [0.15, 0.2) is 71.3 Å². The Balaban J connectivity index is 1.33. The van der Waals surface area contributed by atoms with Gasteiger partial charge in [0.05, 0.1) is 18.0 Å². The lowest BCUT2D eigenvalue weighted by Crippen LogP contribution is -2.51. The first-order valence-electron chi connectivity index (χ1n) is 11.1. The van der Waals surface area contributed by atoms with Crippen molar-refractivity contribution in [1.82, 2.24) is 15.5 Å². The molecule has 2 aromatic carbocycles. The zero-order valence-electron chi connectivity index (χ0n) is 18.5. The third kappa shape index (κ3) is 5.76. The molecule has 0 spiro atoms. The van der Waals surface area contributed by atoms with Crippen LogP contribution in [0.2, 0.25) is 5.02 Å². The van der Waals surface area contributed by atoms with Crippen molar-refractivity contribution in [3.05, 3.63) is 89.1 Å². The van der Waals surface area contributed by atoms with Crippen molar-refractivity contribution in [3.63, 3.8) is 0 Å². The molecule has 2 heterocycles. The molecule has 178 valence electrons. The van der Waals surface area contributed by atoms with E-state index in [1.807, 2.05) is 23.1 Å². The quantitative estimate of drug-likeness (QED) is 0.503. The Labute approximate surface area is 202 Å². The summed E-state index contributed by atoms with van der Waals surface area (Å²) in [5, 5.41) is 5.83. The third-order valence-corrected chi connectivity index (χ3v) is 6.25. The molecule has 0 bridgehead atoms. The molecule has 0 saturated carbocycles. The fourth-order valence-corrected chi connectivity index (χ4v) is 4.24. The predicted octanol–water partition coefficient (Wildman–Crippen LogP) is 3.37. The molecule has 3 aromatic rings. The number of para-hydroxylation sites is 1. The van der Waals surface area contributed by atoms with Gasteiger partial charge in [-0.15, -0.1) is 0 Å². The van der Waals surface area contributed by atoms with Crippen LogP contribution in [0.5, 0.6) is 0 Å². The summed E-state index contributed by atoms with van der Waals surface area (Å²) < 4.78 is 19.8. The molecule has 2 amide bonds. The second-order valence-electron chi connectivity index (χ2n) is 7.99. The second-order valence-corrected chi connectivity index (χ2v) is 8.40. The molecule has 2 N–H and O–H groups in total. The molecule has 9 heteroatoms. The third-order valence-electron chi connectivity index (χ3n) is 5.88. The average molecular weight is 485 g/mol. The Bertz CT molecular complexity index is 1120. The van der Waals surface area contributed by atoms with E-state index in [9.17, 15) is 14.0 Å². The maximum absolute atomic E-state index is 14.2. The number of rotatable bonds is 7. The van der Waals surface area contributed by atoms with Crippen molar-refractivity contribution in [3.8, 4) is 0 Å². The number of nitrogens with zero attached hydrogens (tertiary/aromatic N) is 2. The fourth-order valence-electron chi connectivity index (χ4n) is 4.04. The summed E-state index contributed by atoms with van der Waals surface area (Å²) in [4.78, 5) is 28.9. The lowest BCUT2D eigenvalue weighted by molar-refractivity contribution is -0.139. The second kappa shape index (κ2) is 11.2. The van der Waals surface area contributed by atoms with E-state index in [2.05, 4.69) is 15.5 Å². The van der Waals surface area contributed by atoms with E-state index in [0.29, 0.717) is 42.6 Å². The van der Waals surface area contributed by atoms with Crippen molar-refractivity contribution in [2.24, 2.45) is 0 Å². The van der Waals surface area contributed by atoms with Gasteiger partial charge in [0, 0.05) is 44.3 Å². The van der Waals surface area contributed by atoms with E-state index in [-0.39, 0.29) is 24.9 Å².